The Balaban J connectivity index is 1.32. The van der Waals surface area contributed by atoms with E-state index in [0.29, 0.717) is 5.92 Å². The standard InChI is InChI=1S/C42H34N2S/c1-3-14-38(37-23-13-22-36-35-21-12-20-32(41(35)45-42(36)37)30-17-8-5-9-18-30)43-28(2)44-39-24-11-10-19-33(39)34-26-25-31(27-40(34)44)29-15-6-4-7-16-29/h3-12,14-17,19-22,24-27,30H,2,13,18,23H2,1H3/b14-3-,43-38?. The molecule has 0 aliphatic heterocycles. The Labute approximate surface area is 267 Å². The van der Waals surface area contributed by atoms with Gasteiger partial charge < -0.3 is 0 Å². The maximum Gasteiger partial charge on any atom is 0.131 e. The largest absolute Gasteiger partial charge is 0.294 e. The first-order valence-corrected chi connectivity index (χ1v) is 16.6. The molecule has 0 fully saturated rings. The van der Waals surface area contributed by atoms with E-state index in [4.69, 9.17) is 4.99 Å². The lowest BCUT2D eigenvalue weighted by molar-refractivity contribution is 0.863. The molecule has 2 aliphatic rings. The Hall–Kier alpha value is -4.99. The number of rotatable bonds is 6. The molecular weight excluding hydrogens is 565 g/mol. The normalized spacial score (nSPS) is 16.6. The smallest absolute Gasteiger partial charge is 0.131 e. The number of aliphatic imine (C=N–C) groups is 1. The van der Waals surface area contributed by atoms with Gasteiger partial charge in [0.25, 0.3) is 0 Å². The number of hydrogen-bond donors (Lipinski definition) is 0. The third kappa shape index (κ3) is 4.75. The van der Waals surface area contributed by atoms with Crippen molar-refractivity contribution < 1.29 is 0 Å². The minimum absolute atomic E-state index is 0.418. The highest BCUT2D eigenvalue weighted by Gasteiger charge is 2.19. The highest BCUT2D eigenvalue weighted by molar-refractivity contribution is 7.17. The van der Waals surface area contributed by atoms with Crippen molar-refractivity contribution in [2.24, 2.45) is 4.99 Å². The Morgan fingerprint density at radius 3 is 2.53 bits per heavy atom. The van der Waals surface area contributed by atoms with Gasteiger partial charge in [0.1, 0.15) is 5.82 Å². The van der Waals surface area contributed by atoms with Crippen LogP contribution >= 0.6 is 11.3 Å². The summed E-state index contributed by atoms with van der Waals surface area (Å²) < 4.78 is 4.98. The van der Waals surface area contributed by atoms with Crippen LogP contribution in [0.5, 0.6) is 0 Å². The van der Waals surface area contributed by atoms with Crippen LogP contribution in [-0.2, 0) is 0 Å². The lowest BCUT2D eigenvalue weighted by Crippen LogP contribution is -2.27. The molecule has 0 radical (unpaired) electrons. The number of aromatic nitrogens is 1. The van der Waals surface area contributed by atoms with Crippen molar-refractivity contribution in [1.82, 2.24) is 4.57 Å². The van der Waals surface area contributed by atoms with Gasteiger partial charge in [0.15, 0.2) is 0 Å². The molecule has 0 saturated heterocycles. The van der Waals surface area contributed by atoms with E-state index in [1.54, 1.807) is 0 Å². The predicted octanol–water partition coefficient (Wildman–Crippen LogP) is 10.1. The molecule has 45 heavy (non-hydrogen) atoms. The maximum atomic E-state index is 5.35. The second kappa shape index (κ2) is 11.5. The van der Waals surface area contributed by atoms with Crippen molar-refractivity contribution in [2.75, 3.05) is 0 Å². The van der Waals surface area contributed by atoms with E-state index in [-0.39, 0.29) is 0 Å². The van der Waals surface area contributed by atoms with E-state index in [1.165, 1.54) is 52.9 Å². The topological polar surface area (TPSA) is 17.3 Å². The van der Waals surface area contributed by atoms with E-state index >= 15 is 0 Å². The van der Waals surface area contributed by atoms with Crippen LogP contribution in [0, 0.1) is 0 Å². The van der Waals surface area contributed by atoms with Gasteiger partial charge >= 0.3 is 0 Å². The van der Waals surface area contributed by atoms with Crippen LogP contribution in [0.3, 0.4) is 0 Å². The minimum atomic E-state index is 0.418. The molecular formula is C42H34N2S. The molecule has 1 atom stereocenters. The van der Waals surface area contributed by atoms with Gasteiger partial charge in [0, 0.05) is 31.3 Å². The zero-order valence-corrected chi connectivity index (χ0v) is 26.2. The molecule has 2 aromatic heterocycles. The second-order valence-corrected chi connectivity index (χ2v) is 12.8. The summed E-state index contributed by atoms with van der Waals surface area (Å²) in [5, 5.41) is 5.14. The summed E-state index contributed by atoms with van der Waals surface area (Å²) in [5.41, 5.74) is 8.35. The van der Waals surface area contributed by atoms with Gasteiger partial charge in [-0.2, -0.15) is 0 Å². The Bertz CT molecular complexity index is 2370. The van der Waals surface area contributed by atoms with Gasteiger partial charge in [-0.1, -0.05) is 122 Å². The third-order valence-electron chi connectivity index (χ3n) is 9.10. The van der Waals surface area contributed by atoms with Crippen LogP contribution in [0.25, 0.3) is 60.5 Å². The molecule has 2 nitrogen and oxygen atoms in total. The number of benzene rings is 4. The molecule has 4 aromatic carbocycles. The fourth-order valence-electron chi connectivity index (χ4n) is 7.02. The molecule has 0 spiro atoms. The minimum Gasteiger partial charge on any atom is -0.294 e. The monoisotopic (exact) mass is 598 g/mol. The Kier molecular flexibility index (Phi) is 7.04. The van der Waals surface area contributed by atoms with Crippen LogP contribution in [0.1, 0.15) is 37.7 Å². The zero-order valence-electron chi connectivity index (χ0n) is 25.4. The van der Waals surface area contributed by atoms with Gasteiger partial charge in [0.05, 0.1) is 16.7 Å². The van der Waals surface area contributed by atoms with E-state index < -0.39 is 0 Å². The van der Waals surface area contributed by atoms with Crippen LogP contribution in [-0.4, -0.2) is 10.3 Å². The SMILES string of the molecule is C=C(N=C(/C=C\C)C1=c2sc3c(C4C=CC=CC4)cccc3c2=CCC1)n1c2ccccc2c2ccc(-c3ccccc3)cc21. The first-order chi connectivity index (χ1) is 22.2. The van der Waals surface area contributed by atoms with Crippen molar-refractivity contribution in [3.63, 3.8) is 0 Å². The fourth-order valence-corrected chi connectivity index (χ4v) is 8.48. The fraction of sp³-hybridized carbons (Fsp3) is 0.119. The van der Waals surface area contributed by atoms with Crippen molar-refractivity contribution in [1.29, 1.82) is 0 Å². The van der Waals surface area contributed by atoms with Crippen molar-refractivity contribution in [2.45, 2.75) is 32.1 Å². The highest BCUT2D eigenvalue weighted by Crippen LogP contribution is 2.36. The number of thiophene rings is 1. The number of para-hydroxylation sites is 1. The van der Waals surface area contributed by atoms with Crippen LogP contribution in [0.15, 0.2) is 139 Å². The summed E-state index contributed by atoms with van der Waals surface area (Å²) in [6, 6.07) is 32.7. The highest BCUT2D eigenvalue weighted by atomic mass is 32.1. The molecule has 3 heteroatoms. The Morgan fingerprint density at radius 1 is 0.867 bits per heavy atom. The number of fused-ring (bicyclic) bond motifs is 6. The van der Waals surface area contributed by atoms with Gasteiger partial charge in [-0.3, -0.25) is 4.57 Å². The lowest BCUT2D eigenvalue weighted by Gasteiger charge is -2.14. The van der Waals surface area contributed by atoms with Crippen molar-refractivity contribution in [3.05, 3.63) is 149 Å². The van der Waals surface area contributed by atoms with Gasteiger partial charge in [0.2, 0.25) is 0 Å². The zero-order chi connectivity index (χ0) is 30.3. The number of hydrogen-bond acceptors (Lipinski definition) is 2. The molecule has 0 bridgehead atoms. The summed E-state index contributed by atoms with van der Waals surface area (Å²) in [6.45, 7) is 6.68. The molecule has 0 saturated carbocycles. The first-order valence-electron chi connectivity index (χ1n) is 15.8. The molecule has 2 aliphatic carbocycles. The van der Waals surface area contributed by atoms with Gasteiger partial charge in [-0.25, -0.2) is 4.99 Å². The van der Waals surface area contributed by atoms with E-state index in [2.05, 4.69) is 152 Å². The molecule has 1 unspecified atom stereocenters. The number of allylic oxidation sites excluding steroid dienone is 6. The molecule has 8 rings (SSSR count). The molecule has 0 amide bonds. The first kappa shape index (κ1) is 27.6. The summed E-state index contributed by atoms with van der Waals surface area (Å²) in [7, 11) is 0. The Morgan fingerprint density at radius 2 is 1.69 bits per heavy atom. The molecule has 0 N–H and O–H groups in total. The van der Waals surface area contributed by atoms with Crippen LogP contribution in [0.4, 0.5) is 0 Å². The van der Waals surface area contributed by atoms with Gasteiger partial charge in [-0.15, -0.1) is 11.3 Å². The van der Waals surface area contributed by atoms with E-state index in [0.717, 1.165) is 41.8 Å². The molecule has 2 heterocycles. The molecule has 6 aromatic rings. The second-order valence-electron chi connectivity index (χ2n) is 11.8. The van der Waals surface area contributed by atoms with Gasteiger partial charge in [-0.05, 0) is 71.9 Å². The maximum absolute atomic E-state index is 5.35. The van der Waals surface area contributed by atoms with E-state index in [9.17, 15) is 0 Å². The average Bonchev–Trinajstić information content (AvgIpc) is 3.64. The van der Waals surface area contributed by atoms with E-state index in [1.807, 2.05) is 11.3 Å². The van der Waals surface area contributed by atoms with Crippen LogP contribution in [0.2, 0.25) is 0 Å². The lowest BCUT2D eigenvalue weighted by atomic mass is 9.91. The van der Waals surface area contributed by atoms with Crippen molar-refractivity contribution >= 4 is 66.4 Å². The average molecular weight is 599 g/mol. The quantitative estimate of drug-likeness (QED) is 0.170. The summed E-state index contributed by atoms with van der Waals surface area (Å²) in [5.74, 6) is 1.14. The third-order valence-corrected chi connectivity index (χ3v) is 10.4. The van der Waals surface area contributed by atoms with Crippen LogP contribution < -0.4 is 9.75 Å². The summed E-state index contributed by atoms with van der Waals surface area (Å²) >= 11 is 1.93. The molecule has 218 valence electrons. The van der Waals surface area contributed by atoms with Crippen molar-refractivity contribution in [3.8, 4) is 11.1 Å². The predicted molar refractivity (Wildman–Crippen MR) is 196 cm³/mol. The summed E-state index contributed by atoms with van der Waals surface area (Å²) in [6.07, 6.45) is 18.7. The summed E-state index contributed by atoms with van der Waals surface area (Å²) in [4.78, 5) is 5.35. The number of nitrogens with zero attached hydrogens (tertiary/aromatic N) is 2.